The van der Waals surface area contributed by atoms with Crippen LogP contribution in [0.2, 0.25) is 0 Å². The van der Waals surface area contributed by atoms with Crippen LogP contribution in [-0.4, -0.2) is 34.2 Å². The summed E-state index contributed by atoms with van der Waals surface area (Å²) in [5, 5.41) is 4.89. The molecule has 0 aliphatic carbocycles. The molecule has 0 bridgehead atoms. The van der Waals surface area contributed by atoms with Gasteiger partial charge in [-0.3, -0.25) is 9.59 Å². The van der Waals surface area contributed by atoms with E-state index < -0.39 is 5.41 Å². The van der Waals surface area contributed by atoms with Crippen LogP contribution in [-0.2, 0) is 15.0 Å². The molecule has 0 saturated carbocycles. The highest BCUT2D eigenvalue weighted by Gasteiger charge is 2.43. The molecule has 0 atom stereocenters. The molecule has 2 aromatic rings. The molecule has 0 radical (unpaired) electrons. The van der Waals surface area contributed by atoms with E-state index in [0.717, 1.165) is 16.9 Å². The van der Waals surface area contributed by atoms with Crippen molar-refractivity contribution in [3.63, 3.8) is 0 Å². The van der Waals surface area contributed by atoms with Gasteiger partial charge in [-0.2, -0.15) is 4.37 Å². The second kappa shape index (κ2) is 7.19. The molecular weight excluding hydrogens is 334 g/mol. The number of anilines is 1. The van der Waals surface area contributed by atoms with Crippen LogP contribution in [0.15, 0.2) is 48.4 Å². The highest BCUT2D eigenvalue weighted by atomic mass is 32.1. The van der Waals surface area contributed by atoms with Gasteiger partial charge < -0.3 is 10.2 Å². The lowest BCUT2D eigenvalue weighted by Crippen LogP contribution is -2.50. The van der Waals surface area contributed by atoms with E-state index in [1.807, 2.05) is 42.6 Å². The topological polar surface area (TPSA) is 62.3 Å². The van der Waals surface area contributed by atoms with Crippen LogP contribution in [0.3, 0.4) is 0 Å². The van der Waals surface area contributed by atoms with Crippen molar-refractivity contribution in [1.29, 1.82) is 0 Å². The third-order valence-electron chi connectivity index (χ3n) is 4.86. The van der Waals surface area contributed by atoms with Crippen LogP contribution in [0.5, 0.6) is 0 Å². The van der Waals surface area contributed by atoms with Gasteiger partial charge in [0.05, 0.1) is 16.8 Å². The van der Waals surface area contributed by atoms with E-state index in [-0.39, 0.29) is 11.8 Å². The Hall–Kier alpha value is -2.47. The number of likely N-dealkylation sites (tertiary alicyclic amines) is 1. The number of carbonyl (C=O) groups is 2. The minimum Gasteiger partial charge on any atom is -0.339 e. The van der Waals surface area contributed by atoms with Gasteiger partial charge in [0.15, 0.2) is 0 Å². The number of nitrogens with zero attached hydrogens (tertiary/aromatic N) is 2. The number of hydrogen-bond acceptors (Lipinski definition) is 4. The lowest BCUT2D eigenvalue weighted by molar-refractivity contribution is -0.131. The second-order valence-electron chi connectivity index (χ2n) is 6.25. The van der Waals surface area contributed by atoms with Crippen LogP contribution in [0.25, 0.3) is 0 Å². The Labute approximate surface area is 151 Å². The lowest BCUT2D eigenvalue weighted by atomic mass is 9.72. The SMILES string of the molecule is C=CC(=O)N1CCC(C(=O)Nc2csnc2C)(c2ccccc2)CC1. The molecule has 1 aliphatic rings. The molecule has 0 spiro atoms. The first-order valence-electron chi connectivity index (χ1n) is 8.26. The highest BCUT2D eigenvalue weighted by Crippen LogP contribution is 2.37. The Morgan fingerprint density at radius 2 is 1.96 bits per heavy atom. The van der Waals surface area contributed by atoms with E-state index in [4.69, 9.17) is 0 Å². The van der Waals surface area contributed by atoms with Gasteiger partial charge in [0, 0.05) is 18.5 Å². The van der Waals surface area contributed by atoms with Crippen LogP contribution in [0, 0.1) is 6.92 Å². The third kappa shape index (κ3) is 3.35. The van der Waals surface area contributed by atoms with Gasteiger partial charge in [0.1, 0.15) is 0 Å². The summed E-state index contributed by atoms with van der Waals surface area (Å²) in [5.41, 5.74) is 1.92. The van der Waals surface area contributed by atoms with Crippen molar-refractivity contribution in [2.45, 2.75) is 25.2 Å². The van der Waals surface area contributed by atoms with Gasteiger partial charge in [0.2, 0.25) is 11.8 Å². The van der Waals surface area contributed by atoms with Crippen molar-refractivity contribution in [2.24, 2.45) is 0 Å². The van der Waals surface area contributed by atoms with Gasteiger partial charge in [0.25, 0.3) is 0 Å². The van der Waals surface area contributed by atoms with Crippen LogP contribution in [0.1, 0.15) is 24.1 Å². The highest BCUT2D eigenvalue weighted by molar-refractivity contribution is 7.04. The maximum absolute atomic E-state index is 13.2. The summed E-state index contributed by atoms with van der Waals surface area (Å²) >= 11 is 1.33. The summed E-state index contributed by atoms with van der Waals surface area (Å²) < 4.78 is 4.22. The van der Waals surface area contributed by atoms with Crippen molar-refractivity contribution < 1.29 is 9.59 Å². The number of benzene rings is 1. The zero-order chi connectivity index (χ0) is 17.9. The summed E-state index contributed by atoms with van der Waals surface area (Å²) in [7, 11) is 0. The lowest BCUT2D eigenvalue weighted by Gasteiger charge is -2.40. The van der Waals surface area contributed by atoms with Crippen molar-refractivity contribution in [1.82, 2.24) is 9.27 Å². The molecule has 1 saturated heterocycles. The molecular formula is C19H21N3O2S. The molecule has 1 aliphatic heterocycles. The number of hydrogen-bond donors (Lipinski definition) is 1. The van der Waals surface area contributed by atoms with Crippen molar-refractivity contribution >= 4 is 29.0 Å². The van der Waals surface area contributed by atoms with E-state index in [2.05, 4.69) is 16.3 Å². The molecule has 6 heteroatoms. The number of aromatic nitrogens is 1. The Balaban J connectivity index is 1.89. The van der Waals surface area contributed by atoms with Crippen molar-refractivity contribution in [3.8, 4) is 0 Å². The normalized spacial score (nSPS) is 16.3. The quantitative estimate of drug-likeness (QED) is 0.857. The smallest absolute Gasteiger partial charge is 0.245 e. The van der Waals surface area contributed by atoms with Crippen LogP contribution in [0.4, 0.5) is 5.69 Å². The molecule has 0 unspecified atom stereocenters. The largest absolute Gasteiger partial charge is 0.339 e. The van der Waals surface area contributed by atoms with Gasteiger partial charge in [-0.25, -0.2) is 0 Å². The number of aryl methyl sites for hydroxylation is 1. The molecule has 1 aromatic carbocycles. The molecule has 5 nitrogen and oxygen atoms in total. The van der Waals surface area contributed by atoms with Crippen LogP contribution >= 0.6 is 11.5 Å². The fraction of sp³-hybridized carbons (Fsp3) is 0.316. The van der Waals surface area contributed by atoms with E-state index in [1.54, 1.807) is 4.90 Å². The number of amides is 2. The maximum atomic E-state index is 13.2. The number of nitrogens with one attached hydrogen (secondary N) is 1. The molecule has 2 amide bonds. The van der Waals surface area contributed by atoms with E-state index in [9.17, 15) is 9.59 Å². The zero-order valence-electron chi connectivity index (χ0n) is 14.2. The maximum Gasteiger partial charge on any atom is 0.245 e. The summed E-state index contributed by atoms with van der Waals surface area (Å²) in [6, 6.07) is 9.82. The average Bonchev–Trinajstić information content (AvgIpc) is 3.06. The Morgan fingerprint density at radius 1 is 1.28 bits per heavy atom. The first-order chi connectivity index (χ1) is 12.1. The molecule has 3 rings (SSSR count). The van der Waals surface area contributed by atoms with Gasteiger partial charge in [-0.15, -0.1) is 0 Å². The summed E-state index contributed by atoms with van der Waals surface area (Å²) in [6.45, 7) is 6.50. The summed E-state index contributed by atoms with van der Waals surface area (Å²) in [6.07, 6.45) is 2.49. The van der Waals surface area contributed by atoms with E-state index in [0.29, 0.717) is 25.9 Å². The van der Waals surface area contributed by atoms with Crippen molar-refractivity contribution in [2.75, 3.05) is 18.4 Å². The Morgan fingerprint density at radius 3 is 2.52 bits per heavy atom. The second-order valence-corrected chi connectivity index (χ2v) is 6.87. The third-order valence-corrected chi connectivity index (χ3v) is 5.58. The standard InChI is InChI=1S/C19H21N3O2S/c1-3-17(23)22-11-9-19(10-12-22,15-7-5-4-6-8-15)18(24)20-16-13-25-21-14(16)2/h3-8,13H,1,9-12H2,2H3,(H,20,24). The molecule has 1 fully saturated rings. The summed E-state index contributed by atoms with van der Waals surface area (Å²) in [5.74, 6) is -0.118. The van der Waals surface area contributed by atoms with Gasteiger partial charge in [-0.05, 0) is 42.9 Å². The predicted octanol–water partition coefficient (Wildman–Crippen LogP) is 3.14. The Kier molecular flexibility index (Phi) is 4.99. The molecule has 25 heavy (non-hydrogen) atoms. The first-order valence-corrected chi connectivity index (χ1v) is 9.10. The first kappa shape index (κ1) is 17.4. The number of carbonyl (C=O) groups excluding carboxylic acids is 2. The predicted molar refractivity (Wildman–Crippen MR) is 99.6 cm³/mol. The molecule has 1 N–H and O–H groups in total. The molecule has 1 aromatic heterocycles. The fourth-order valence-corrected chi connectivity index (χ4v) is 3.94. The van der Waals surface area contributed by atoms with Crippen molar-refractivity contribution in [3.05, 3.63) is 59.6 Å². The average molecular weight is 355 g/mol. The fourth-order valence-electron chi connectivity index (χ4n) is 3.30. The minimum atomic E-state index is -0.645. The number of rotatable bonds is 4. The molecule has 2 heterocycles. The monoisotopic (exact) mass is 355 g/mol. The Bertz CT molecular complexity index is 777. The molecule has 130 valence electrons. The van der Waals surface area contributed by atoms with E-state index >= 15 is 0 Å². The van der Waals surface area contributed by atoms with Gasteiger partial charge >= 0.3 is 0 Å². The van der Waals surface area contributed by atoms with Crippen LogP contribution < -0.4 is 5.32 Å². The minimum absolute atomic E-state index is 0.0345. The zero-order valence-corrected chi connectivity index (χ0v) is 15.0. The number of piperidine rings is 1. The van der Waals surface area contributed by atoms with E-state index in [1.165, 1.54) is 17.6 Å². The van der Waals surface area contributed by atoms with Gasteiger partial charge in [-0.1, -0.05) is 36.9 Å². The summed E-state index contributed by atoms with van der Waals surface area (Å²) in [4.78, 5) is 26.9.